The maximum Gasteiger partial charge on any atom is 0.407 e. The lowest BCUT2D eigenvalue weighted by atomic mass is 10.2. The molecule has 0 fully saturated rings. The maximum absolute atomic E-state index is 12.5. The van der Waals surface area contributed by atoms with Crippen molar-refractivity contribution < 1.29 is 37.0 Å². The first-order valence-corrected chi connectivity index (χ1v) is 16.7. The third kappa shape index (κ3) is 16.7. The lowest BCUT2D eigenvalue weighted by Crippen LogP contribution is -2.44. The number of hydrogen-bond donors (Lipinski definition) is 6. The number of benzene rings is 1. The van der Waals surface area contributed by atoms with E-state index in [2.05, 4.69) is 36.3 Å². The predicted octanol–water partition coefficient (Wildman–Crippen LogP) is 1.07. The molecule has 0 unspecified atom stereocenters. The van der Waals surface area contributed by atoms with Gasteiger partial charge >= 0.3 is 12.2 Å². The van der Waals surface area contributed by atoms with Crippen molar-refractivity contribution >= 4 is 34.1 Å². The number of nitrogens with zero attached hydrogens (tertiary/aromatic N) is 1. The van der Waals surface area contributed by atoms with Crippen LogP contribution in [0.1, 0.15) is 56.3 Å². The largest absolute Gasteiger partial charge is 0.492 e. The number of aliphatic imine (C=N–C) groups is 1. The van der Waals surface area contributed by atoms with Crippen LogP contribution in [0.25, 0.3) is 0 Å². The fraction of sp³-hybridized carbons (Fsp3) is 0.643. The van der Waals surface area contributed by atoms with Crippen molar-refractivity contribution in [2.75, 3.05) is 64.8 Å². The van der Waals surface area contributed by atoms with Crippen LogP contribution < -0.4 is 36.0 Å². The first-order valence-electron chi connectivity index (χ1n) is 15.0. The molecule has 1 aromatic rings. The summed E-state index contributed by atoms with van der Waals surface area (Å²) < 4.78 is 42.8. The summed E-state index contributed by atoms with van der Waals surface area (Å²) in [5, 5.41) is 14.0. The van der Waals surface area contributed by atoms with Gasteiger partial charge in [0.2, 0.25) is 10.0 Å². The Morgan fingerprint density at radius 3 is 2.32 bits per heavy atom. The van der Waals surface area contributed by atoms with Gasteiger partial charge in [-0.25, -0.2) is 22.7 Å². The molecule has 0 saturated carbocycles. The van der Waals surface area contributed by atoms with Crippen molar-refractivity contribution in [3.05, 3.63) is 29.8 Å². The van der Waals surface area contributed by atoms with Crippen LogP contribution in [0.5, 0.6) is 5.75 Å². The first kappa shape index (κ1) is 36.4. The summed E-state index contributed by atoms with van der Waals surface area (Å²) in [5.41, 5.74) is 0.412. The highest BCUT2D eigenvalue weighted by Crippen LogP contribution is 2.12. The van der Waals surface area contributed by atoms with Gasteiger partial charge in [-0.2, -0.15) is 0 Å². The van der Waals surface area contributed by atoms with Crippen LogP contribution in [-0.4, -0.2) is 103 Å². The number of sulfonamides is 1. The minimum atomic E-state index is -3.72. The van der Waals surface area contributed by atoms with Crippen molar-refractivity contribution in [2.45, 2.75) is 52.0 Å². The number of unbranched alkanes of at least 4 members (excludes halogenated alkanes) is 2. The molecule has 44 heavy (non-hydrogen) atoms. The van der Waals surface area contributed by atoms with Crippen molar-refractivity contribution in [1.82, 2.24) is 31.3 Å². The van der Waals surface area contributed by atoms with Gasteiger partial charge in [-0.1, -0.05) is 13.3 Å². The zero-order valence-corrected chi connectivity index (χ0v) is 26.4. The number of carbonyl (C=O) groups is 3. The third-order valence-corrected chi connectivity index (χ3v) is 7.57. The van der Waals surface area contributed by atoms with E-state index in [1.807, 2.05) is 6.92 Å². The van der Waals surface area contributed by atoms with Crippen LogP contribution in [0.15, 0.2) is 29.3 Å². The van der Waals surface area contributed by atoms with Gasteiger partial charge in [-0.05, 0) is 56.9 Å². The minimum Gasteiger partial charge on any atom is -0.492 e. The van der Waals surface area contributed by atoms with Gasteiger partial charge in [0.1, 0.15) is 12.4 Å². The van der Waals surface area contributed by atoms with Gasteiger partial charge in [0.15, 0.2) is 5.96 Å². The van der Waals surface area contributed by atoms with Crippen LogP contribution >= 0.6 is 0 Å². The molecule has 248 valence electrons. The molecule has 3 amide bonds. The van der Waals surface area contributed by atoms with Crippen LogP contribution in [0.2, 0.25) is 0 Å². The predicted molar refractivity (Wildman–Crippen MR) is 166 cm³/mol. The summed E-state index contributed by atoms with van der Waals surface area (Å²) in [6.45, 7) is 7.18. The highest BCUT2D eigenvalue weighted by Gasteiger charge is 2.16. The molecule has 0 saturated heterocycles. The number of carbonyl (C=O) groups excluding carboxylic acids is 3. The molecule has 1 aliphatic heterocycles. The Morgan fingerprint density at radius 1 is 0.932 bits per heavy atom. The molecule has 6 N–H and O–H groups in total. The van der Waals surface area contributed by atoms with Crippen LogP contribution in [0.3, 0.4) is 0 Å². The minimum absolute atomic E-state index is 0.0701. The summed E-state index contributed by atoms with van der Waals surface area (Å²) >= 11 is 0. The molecular formula is C28H47N7O8S. The molecular weight excluding hydrogens is 594 g/mol. The average Bonchev–Trinajstić information content (AvgIpc) is 3.00. The SMILES string of the molecule is CCCCOC(=O)NCCCCOC(=O)NCCS(=O)(=O)N[C@H](C)CNC(=O)c1ccc(OCCNC2=NCCCN2)cc1. The standard InChI is InChI=1S/C28H47N7O8S/c1-3-4-17-42-27(37)32-12-5-6-18-43-28(38)33-16-20-44(39,40)35-22(2)21-34-25(36)23-8-10-24(11-9-23)41-19-15-31-26-29-13-7-14-30-26/h8-11,22,35H,3-7,12-21H2,1-2H3,(H,32,37)(H,33,38)(H,34,36)(H2,29,30,31)/t22-/m1/s1. The molecule has 1 aromatic carbocycles. The number of hydrogen-bond acceptors (Lipinski definition) is 11. The maximum atomic E-state index is 12.5. The number of alkyl carbamates (subject to hydrolysis) is 2. The molecule has 15 nitrogen and oxygen atoms in total. The van der Waals surface area contributed by atoms with E-state index in [4.69, 9.17) is 14.2 Å². The van der Waals surface area contributed by atoms with Crippen molar-refractivity contribution in [2.24, 2.45) is 4.99 Å². The summed E-state index contributed by atoms with van der Waals surface area (Å²) in [6, 6.07) is 6.08. The van der Waals surface area contributed by atoms with Crippen molar-refractivity contribution in [3.8, 4) is 5.75 Å². The van der Waals surface area contributed by atoms with Gasteiger partial charge in [0.25, 0.3) is 5.91 Å². The number of nitrogens with one attached hydrogen (secondary N) is 6. The van der Waals surface area contributed by atoms with E-state index >= 15 is 0 Å². The zero-order chi connectivity index (χ0) is 32.0. The number of rotatable bonds is 20. The van der Waals surface area contributed by atoms with Gasteiger partial charge in [-0.3, -0.25) is 9.79 Å². The Morgan fingerprint density at radius 2 is 1.64 bits per heavy atom. The molecule has 16 heteroatoms. The smallest absolute Gasteiger partial charge is 0.407 e. The molecule has 0 bridgehead atoms. The van der Waals surface area contributed by atoms with Crippen LogP contribution in [0, 0.1) is 0 Å². The molecule has 0 radical (unpaired) electrons. The fourth-order valence-corrected chi connectivity index (χ4v) is 4.91. The Bertz CT molecular complexity index is 1150. The summed E-state index contributed by atoms with van der Waals surface area (Å²) in [4.78, 5) is 40.0. The molecule has 2 rings (SSSR count). The Balaban J connectivity index is 1.53. The second-order valence-electron chi connectivity index (χ2n) is 10.0. The summed E-state index contributed by atoms with van der Waals surface area (Å²) in [6.07, 6.45) is 2.70. The topological polar surface area (TPSA) is 198 Å². The fourth-order valence-electron chi connectivity index (χ4n) is 3.73. The molecule has 1 heterocycles. The monoisotopic (exact) mass is 641 g/mol. The van der Waals surface area contributed by atoms with Gasteiger partial charge in [-0.15, -0.1) is 0 Å². The van der Waals surface area contributed by atoms with Gasteiger partial charge < -0.3 is 40.8 Å². The van der Waals surface area contributed by atoms with E-state index < -0.39 is 28.3 Å². The molecule has 0 aliphatic carbocycles. The van der Waals surface area contributed by atoms with Gasteiger partial charge in [0.05, 0.1) is 25.5 Å². The average molecular weight is 642 g/mol. The summed E-state index contributed by atoms with van der Waals surface area (Å²) in [7, 11) is -3.72. The van der Waals surface area contributed by atoms with E-state index in [1.165, 1.54) is 0 Å². The molecule has 1 aliphatic rings. The highest BCUT2D eigenvalue weighted by atomic mass is 32.2. The first-order chi connectivity index (χ1) is 21.2. The molecule has 1 atom stereocenters. The van der Waals surface area contributed by atoms with E-state index in [-0.39, 0.29) is 31.4 Å². The van der Waals surface area contributed by atoms with Crippen molar-refractivity contribution in [3.63, 3.8) is 0 Å². The Hall–Kier alpha value is -3.79. The van der Waals surface area contributed by atoms with E-state index in [0.29, 0.717) is 50.5 Å². The molecule has 0 aromatic heterocycles. The van der Waals surface area contributed by atoms with E-state index in [1.54, 1.807) is 31.2 Å². The summed E-state index contributed by atoms with van der Waals surface area (Å²) in [5.74, 6) is 0.690. The number of ether oxygens (including phenoxy) is 3. The second-order valence-corrected chi connectivity index (χ2v) is 11.9. The second kappa shape index (κ2) is 21.0. The van der Waals surface area contributed by atoms with Crippen molar-refractivity contribution in [1.29, 1.82) is 0 Å². The third-order valence-electron chi connectivity index (χ3n) is 6.07. The quantitative estimate of drug-likeness (QED) is 0.112. The lowest BCUT2D eigenvalue weighted by molar-refractivity contribution is 0.0950. The normalized spacial score (nSPS) is 13.5. The molecule has 0 spiro atoms. The zero-order valence-electron chi connectivity index (χ0n) is 25.6. The van der Waals surface area contributed by atoms with E-state index in [0.717, 1.165) is 38.3 Å². The van der Waals surface area contributed by atoms with Crippen LogP contribution in [-0.2, 0) is 19.5 Å². The van der Waals surface area contributed by atoms with E-state index in [9.17, 15) is 22.8 Å². The number of guanidine groups is 1. The highest BCUT2D eigenvalue weighted by molar-refractivity contribution is 7.89. The number of amides is 3. The Labute approximate surface area is 259 Å². The van der Waals surface area contributed by atoms with Gasteiger partial charge in [0, 0.05) is 44.3 Å². The Kier molecular flexibility index (Phi) is 17.4. The lowest BCUT2D eigenvalue weighted by Gasteiger charge is -2.16. The van der Waals surface area contributed by atoms with Crippen LogP contribution in [0.4, 0.5) is 9.59 Å².